The van der Waals surface area contributed by atoms with E-state index in [4.69, 9.17) is 21.1 Å². The summed E-state index contributed by atoms with van der Waals surface area (Å²) in [5, 5.41) is 0.284. The summed E-state index contributed by atoms with van der Waals surface area (Å²) >= 11 is 6.12. The number of halogens is 1. The number of carbonyl (C=O) groups excluding carboxylic acids is 2. The SMILES string of the molecule is COC(=O)c1ccc(OCC2CN(c3ccccc3)C(=O)O2)c(Cl)c1. The fraction of sp³-hybridized carbons (Fsp3) is 0.222. The summed E-state index contributed by atoms with van der Waals surface area (Å²) in [7, 11) is 1.30. The number of cyclic esters (lactones) is 1. The van der Waals surface area contributed by atoms with E-state index in [1.165, 1.54) is 13.2 Å². The maximum atomic E-state index is 12.0. The lowest BCUT2D eigenvalue weighted by Crippen LogP contribution is -2.26. The molecule has 0 aromatic heterocycles. The van der Waals surface area contributed by atoms with Crippen molar-refractivity contribution < 1.29 is 23.8 Å². The Labute approximate surface area is 149 Å². The molecule has 7 heteroatoms. The summed E-state index contributed by atoms with van der Waals surface area (Å²) in [6.07, 6.45) is -0.823. The summed E-state index contributed by atoms with van der Waals surface area (Å²) in [5.41, 5.74) is 1.11. The number of para-hydroxylation sites is 1. The maximum Gasteiger partial charge on any atom is 0.414 e. The highest BCUT2D eigenvalue weighted by atomic mass is 35.5. The van der Waals surface area contributed by atoms with Crippen molar-refractivity contribution in [2.75, 3.05) is 25.2 Å². The Bertz CT molecular complexity index is 780. The summed E-state index contributed by atoms with van der Waals surface area (Å²) in [6.45, 7) is 0.549. The molecule has 0 saturated carbocycles. The molecule has 3 rings (SSSR count). The molecule has 0 radical (unpaired) electrons. The number of rotatable bonds is 5. The molecule has 130 valence electrons. The highest BCUT2D eigenvalue weighted by molar-refractivity contribution is 6.32. The van der Waals surface area contributed by atoms with Crippen molar-refractivity contribution in [2.45, 2.75) is 6.10 Å². The third kappa shape index (κ3) is 3.85. The van der Waals surface area contributed by atoms with E-state index in [1.54, 1.807) is 17.0 Å². The van der Waals surface area contributed by atoms with Crippen LogP contribution in [0, 0.1) is 0 Å². The van der Waals surface area contributed by atoms with Crippen LogP contribution in [0.1, 0.15) is 10.4 Å². The lowest BCUT2D eigenvalue weighted by atomic mass is 10.2. The van der Waals surface area contributed by atoms with E-state index in [0.717, 1.165) is 5.69 Å². The Kier molecular flexibility index (Phi) is 5.09. The quantitative estimate of drug-likeness (QED) is 0.762. The number of methoxy groups -OCH3 is 1. The average molecular weight is 362 g/mol. The summed E-state index contributed by atoms with van der Waals surface area (Å²) < 4.78 is 15.6. The fourth-order valence-corrected chi connectivity index (χ4v) is 2.71. The van der Waals surface area contributed by atoms with Crippen molar-refractivity contribution >= 4 is 29.4 Å². The molecule has 1 heterocycles. The molecule has 0 bridgehead atoms. The number of nitrogens with zero attached hydrogens (tertiary/aromatic N) is 1. The van der Waals surface area contributed by atoms with Gasteiger partial charge in [-0.1, -0.05) is 29.8 Å². The second-order valence-corrected chi connectivity index (χ2v) is 5.81. The number of ether oxygens (including phenoxy) is 3. The summed E-state index contributed by atoms with van der Waals surface area (Å²) in [6, 6.07) is 13.9. The fourth-order valence-electron chi connectivity index (χ4n) is 2.47. The first-order valence-electron chi connectivity index (χ1n) is 7.62. The minimum atomic E-state index is -0.475. The van der Waals surface area contributed by atoms with Gasteiger partial charge in [0.25, 0.3) is 0 Å². The van der Waals surface area contributed by atoms with Crippen molar-refractivity contribution in [3.63, 3.8) is 0 Å². The predicted octanol–water partition coefficient (Wildman–Crippen LogP) is 3.53. The lowest BCUT2D eigenvalue weighted by Gasteiger charge is -2.13. The number of hydrogen-bond donors (Lipinski definition) is 0. The Morgan fingerprint density at radius 3 is 2.72 bits per heavy atom. The molecule has 1 unspecified atom stereocenters. The predicted molar refractivity (Wildman–Crippen MR) is 92.3 cm³/mol. The number of carbonyl (C=O) groups is 2. The van der Waals surface area contributed by atoms with Gasteiger partial charge in [0.05, 0.1) is 24.2 Å². The molecular weight excluding hydrogens is 346 g/mol. The molecule has 1 aliphatic rings. The molecule has 1 atom stereocenters. The molecule has 25 heavy (non-hydrogen) atoms. The third-order valence-corrected chi connectivity index (χ3v) is 4.02. The van der Waals surface area contributed by atoms with Gasteiger partial charge in [0, 0.05) is 5.69 Å². The van der Waals surface area contributed by atoms with Crippen LogP contribution in [0.2, 0.25) is 5.02 Å². The monoisotopic (exact) mass is 361 g/mol. The van der Waals surface area contributed by atoms with Gasteiger partial charge in [0.15, 0.2) is 6.10 Å². The molecule has 6 nitrogen and oxygen atoms in total. The van der Waals surface area contributed by atoms with Crippen molar-refractivity contribution in [3.05, 3.63) is 59.1 Å². The van der Waals surface area contributed by atoms with E-state index in [9.17, 15) is 9.59 Å². The van der Waals surface area contributed by atoms with Gasteiger partial charge in [-0.15, -0.1) is 0 Å². The smallest absolute Gasteiger partial charge is 0.414 e. The molecule has 0 aliphatic carbocycles. The van der Waals surface area contributed by atoms with E-state index < -0.39 is 18.2 Å². The van der Waals surface area contributed by atoms with Gasteiger partial charge in [-0.2, -0.15) is 0 Å². The highest BCUT2D eigenvalue weighted by Crippen LogP contribution is 2.27. The van der Waals surface area contributed by atoms with Gasteiger partial charge < -0.3 is 14.2 Å². The van der Waals surface area contributed by atoms with Crippen LogP contribution in [-0.2, 0) is 9.47 Å². The Morgan fingerprint density at radius 1 is 1.28 bits per heavy atom. The van der Waals surface area contributed by atoms with Crippen molar-refractivity contribution in [2.24, 2.45) is 0 Å². The molecular formula is C18H16ClNO5. The standard InChI is InChI=1S/C18H16ClNO5/c1-23-17(21)12-7-8-16(15(19)9-12)24-11-14-10-20(18(22)25-14)13-5-3-2-4-6-13/h2-9,14H,10-11H2,1H3. The van der Waals surface area contributed by atoms with Crippen LogP contribution in [0.3, 0.4) is 0 Å². The normalized spacial score (nSPS) is 16.5. The minimum absolute atomic E-state index is 0.159. The van der Waals surface area contributed by atoms with Crippen LogP contribution in [0.25, 0.3) is 0 Å². The van der Waals surface area contributed by atoms with Crippen LogP contribution in [-0.4, -0.2) is 38.4 Å². The first-order chi connectivity index (χ1) is 12.1. The van der Waals surface area contributed by atoms with Gasteiger partial charge in [-0.3, -0.25) is 4.90 Å². The van der Waals surface area contributed by atoms with Crippen molar-refractivity contribution in [1.82, 2.24) is 0 Å². The first kappa shape index (κ1) is 17.1. The average Bonchev–Trinajstić information content (AvgIpc) is 3.01. The molecule has 2 aromatic rings. The van der Waals surface area contributed by atoms with Crippen molar-refractivity contribution in [1.29, 1.82) is 0 Å². The van der Waals surface area contributed by atoms with E-state index in [1.807, 2.05) is 30.3 Å². The van der Waals surface area contributed by atoms with Crippen LogP contribution >= 0.6 is 11.6 Å². The second kappa shape index (κ2) is 7.44. The van der Waals surface area contributed by atoms with E-state index in [2.05, 4.69) is 4.74 Å². The zero-order valence-electron chi connectivity index (χ0n) is 13.5. The zero-order valence-corrected chi connectivity index (χ0v) is 14.2. The maximum absolute atomic E-state index is 12.0. The Morgan fingerprint density at radius 2 is 2.04 bits per heavy atom. The Balaban J connectivity index is 1.61. The van der Waals surface area contributed by atoms with E-state index in [0.29, 0.717) is 17.9 Å². The summed E-state index contributed by atoms with van der Waals surface area (Å²) in [5.74, 6) is -0.0693. The van der Waals surface area contributed by atoms with Crippen LogP contribution < -0.4 is 9.64 Å². The van der Waals surface area contributed by atoms with E-state index >= 15 is 0 Å². The number of amides is 1. The number of benzene rings is 2. The lowest BCUT2D eigenvalue weighted by molar-refractivity contribution is 0.0600. The van der Waals surface area contributed by atoms with Gasteiger partial charge in [-0.05, 0) is 30.3 Å². The summed E-state index contributed by atoms with van der Waals surface area (Å²) in [4.78, 5) is 25.0. The van der Waals surface area contributed by atoms with E-state index in [-0.39, 0.29) is 11.6 Å². The minimum Gasteiger partial charge on any atom is -0.488 e. The molecule has 2 aromatic carbocycles. The van der Waals surface area contributed by atoms with Crippen LogP contribution in [0.4, 0.5) is 10.5 Å². The van der Waals surface area contributed by atoms with Crippen LogP contribution in [0.5, 0.6) is 5.75 Å². The largest absolute Gasteiger partial charge is 0.488 e. The topological polar surface area (TPSA) is 65.1 Å². The van der Waals surface area contributed by atoms with Gasteiger partial charge >= 0.3 is 12.1 Å². The molecule has 1 saturated heterocycles. The number of hydrogen-bond acceptors (Lipinski definition) is 5. The highest BCUT2D eigenvalue weighted by Gasteiger charge is 2.32. The van der Waals surface area contributed by atoms with Crippen LogP contribution in [0.15, 0.2) is 48.5 Å². The van der Waals surface area contributed by atoms with Gasteiger partial charge in [0.2, 0.25) is 0 Å². The number of esters is 1. The second-order valence-electron chi connectivity index (χ2n) is 5.40. The van der Waals surface area contributed by atoms with Crippen molar-refractivity contribution in [3.8, 4) is 5.75 Å². The first-order valence-corrected chi connectivity index (χ1v) is 8.00. The molecule has 0 spiro atoms. The van der Waals surface area contributed by atoms with Gasteiger partial charge in [-0.25, -0.2) is 9.59 Å². The molecule has 1 fully saturated rings. The van der Waals surface area contributed by atoms with Gasteiger partial charge in [0.1, 0.15) is 12.4 Å². The zero-order chi connectivity index (χ0) is 17.8. The molecule has 1 amide bonds. The third-order valence-electron chi connectivity index (χ3n) is 3.72. The molecule has 0 N–H and O–H groups in total. The number of anilines is 1. The molecule has 1 aliphatic heterocycles. The Hall–Kier alpha value is -2.73.